The van der Waals surface area contributed by atoms with E-state index in [4.69, 9.17) is 0 Å². The number of rotatable bonds is 9. The summed E-state index contributed by atoms with van der Waals surface area (Å²) in [5.41, 5.74) is 17.8. The maximum absolute atomic E-state index is 2.33. The van der Waals surface area contributed by atoms with Gasteiger partial charge in [0, 0.05) is 17.1 Å². The first kappa shape index (κ1) is 35.7. The molecule has 0 unspecified atom stereocenters. The van der Waals surface area contributed by atoms with E-state index in [-0.39, 0.29) is 0 Å². The van der Waals surface area contributed by atoms with Gasteiger partial charge in [-0.05, 0) is 132 Å². The Balaban J connectivity index is 0.910. The minimum Gasteiger partial charge on any atom is -0.311 e. The zero-order chi connectivity index (χ0) is 39.4. The first-order valence-electron chi connectivity index (χ1n) is 20.2. The molecule has 0 heterocycles. The molecule has 0 saturated heterocycles. The van der Waals surface area contributed by atoms with Gasteiger partial charge in [-0.2, -0.15) is 0 Å². The van der Waals surface area contributed by atoms with Crippen molar-refractivity contribution in [1.29, 1.82) is 0 Å². The predicted molar refractivity (Wildman–Crippen MR) is 251 cm³/mol. The van der Waals surface area contributed by atoms with Crippen LogP contribution in [0.1, 0.15) is 0 Å². The third-order valence-electron chi connectivity index (χ3n) is 11.3. The summed E-state index contributed by atoms with van der Waals surface area (Å²) in [7, 11) is 0. The second-order valence-corrected chi connectivity index (χ2v) is 15.0. The van der Waals surface area contributed by atoms with Gasteiger partial charge in [0.15, 0.2) is 0 Å². The van der Waals surface area contributed by atoms with Gasteiger partial charge < -0.3 is 4.90 Å². The fourth-order valence-electron chi connectivity index (χ4n) is 8.10. The quantitative estimate of drug-likeness (QED) is 0.142. The molecule has 0 N–H and O–H groups in total. The number of hydrogen-bond donors (Lipinski definition) is 0. The largest absolute Gasteiger partial charge is 0.311 e. The lowest BCUT2D eigenvalue weighted by molar-refractivity contribution is 1.28. The molecular formula is C58H41N. The van der Waals surface area contributed by atoms with Gasteiger partial charge in [0.2, 0.25) is 0 Å². The van der Waals surface area contributed by atoms with Gasteiger partial charge in [0.05, 0.1) is 0 Å². The highest BCUT2D eigenvalue weighted by Crippen LogP contribution is 2.38. The van der Waals surface area contributed by atoms with Gasteiger partial charge in [-0.3, -0.25) is 0 Å². The summed E-state index contributed by atoms with van der Waals surface area (Å²) in [6.07, 6.45) is 0. The van der Waals surface area contributed by atoms with Crippen LogP contribution in [0.5, 0.6) is 0 Å². The number of fused-ring (bicyclic) bond motifs is 1. The van der Waals surface area contributed by atoms with Crippen LogP contribution >= 0.6 is 0 Å². The molecule has 0 atom stereocenters. The molecule has 10 rings (SSSR count). The Morgan fingerprint density at radius 3 is 0.864 bits per heavy atom. The Hall–Kier alpha value is -7.74. The molecule has 0 radical (unpaired) electrons. The second kappa shape index (κ2) is 16.0. The molecule has 10 aromatic rings. The fourth-order valence-corrected chi connectivity index (χ4v) is 8.10. The Morgan fingerprint density at radius 1 is 0.169 bits per heavy atom. The molecule has 0 saturated carbocycles. The Bertz CT molecular complexity index is 2900. The summed E-state index contributed by atoms with van der Waals surface area (Å²) < 4.78 is 0. The summed E-state index contributed by atoms with van der Waals surface area (Å²) in [5, 5.41) is 2.52. The maximum atomic E-state index is 2.33. The Morgan fingerprint density at radius 2 is 0.441 bits per heavy atom. The molecule has 278 valence electrons. The molecule has 0 fully saturated rings. The lowest BCUT2D eigenvalue weighted by Crippen LogP contribution is -2.09. The van der Waals surface area contributed by atoms with E-state index in [9.17, 15) is 0 Å². The van der Waals surface area contributed by atoms with E-state index in [1.807, 2.05) is 0 Å². The zero-order valence-corrected chi connectivity index (χ0v) is 32.6. The monoisotopic (exact) mass is 751 g/mol. The van der Waals surface area contributed by atoms with Crippen LogP contribution in [0.3, 0.4) is 0 Å². The highest BCUT2D eigenvalue weighted by molar-refractivity contribution is 5.88. The van der Waals surface area contributed by atoms with Crippen LogP contribution in [0.2, 0.25) is 0 Å². The van der Waals surface area contributed by atoms with Gasteiger partial charge >= 0.3 is 0 Å². The molecule has 0 bridgehead atoms. The normalized spacial score (nSPS) is 11.1. The van der Waals surface area contributed by atoms with E-state index in [1.165, 1.54) is 77.5 Å². The molecule has 0 amide bonds. The van der Waals surface area contributed by atoms with E-state index in [0.717, 1.165) is 17.1 Å². The highest BCUT2D eigenvalue weighted by Gasteiger charge is 2.14. The molecule has 0 spiro atoms. The van der Waals surface area contributed by atoms with Crippen molar-refractivity contribution in [2.75, 3.05) is 4.90 Å². The SMILES string of the molecule is c1ccc(-c2ccc(N(c3ccc(-c4ccccc4)cc3)c3ccc(-c4ccc(-c5cccc(-c6cccc(-c7ccc8ccccc8c7)c6)c5)cc4)cc3)cc2)cc1. The van der Waals surface area contributed by atoms with E-state index < -0.39 is 0 Å². The van der Waals surface area contributed by atoms with Gasteiger partial charge in [-0.1, -0.05) is 194 Å². The standard InChI is InChI=1S/C58H41N/c1-3-11-42(12-4-1)46-27-33-56(34-28-46)59(57-35-29-47(30-36-57)43-13-5-2-6-14-43)58-37-31-48(32-38-58)45-21-23-49(24-22-45)51-17-9-18-52(39-51)53-19-10-20-54(41-53)55-26-25-44-15-7-8-16-50(44)40-55/h1-41H. The smallest absolute Gasteiger partial charge is 0.0462 e. The van der Waals surface area contributed by atoms with E-state index >= 15 is 0 Å². The van der Waals surface area contributed by atoms with Crippen LogP contribution in [-0.2, 0) is 0 Å². The number of benzene rings is 10. The first-order chi connectivity index (χ1) is 29.2. The van der Waals surface area contributed by atoms with Crippen molar-refractivity contribution >= 4 is 27.8 Å². The van der Waals surface area contributed by atoms with Crippen molar-refractivity contribution < 1.29 is 0 Å². The van der Waals surface area contributed by atoms with Crippen LogP contribution in [0.15, 0.2) is 249 Å². The molecule has 1 heteroatoms. The van der Waals surface area contributed by atoms with Crippen LogP contribution < -0.4 is 4.90 Å². The van der Waals surface area contributed by atoms with Crippen molar-refractivity contribution in [3.8, 4) is 66.8 Å². The lowest BCUT2D eigenvalue weighted by Gasteiger charge is -2.26. The third-order valence-corrected chi connectivity index (χ3v) is 11.3. The van der Waals surface area contributed by atoms with Crippen LogP contribution in [0.25, 0.3) is 77.5 Å². The van der Waals surface area contributed by atoms with E-state index in [0.29, 0.717) is 0 Å². The van der Waals surface area contributed by atoms with Crippen LogP contribution in [0, 0.1) is 0 Å². The first-order valence-corrected chi connectivity index (χ1v) is 20.2. The number of nitrogens with zero attached hydrogens (tertiary/aromatic N) is 1. The number of hydrogen-bond acceptors (Lipinski definition) is 1. The lowest BCUT2D eigenvalue weighted by atomic mass is 9.95. The average Bonchev–Trinajstić information content (AvgIpc) is 3.33. The van der Waals surface area contributed by atoms with Gasteiger partial charge in [0.1, 0.15) is 0 Å². The van der Waals surface area contributed by atoms with Crippen molar-refractivity contribution in [2.45, 2.75) is 0 Å². The van der Waals surface area contributed by atoms with Crippen molar-refractivity contribution in [2.24, 2.45) is 0 Å². The topological polar surface area (TPSA) is 3.24 Å². The van der Waals surface area contributed by atoms with Crippen molar-refractivity contribution in [3.63, 3.8) is 0 Å². The van der Waals surface area contributed by atoms with Gasteiger partial charge in [0.25, 0.3) is 0 Å². The molecule has 0 aliphatic carbocycles. The zero-order valence-electron chi connectivity index (χ0n) is 32.6. The average molecular weight is 752 g/mol. The predicted octanol–water partition coefficient (Wildman–Crippen LogP) is 16.3. The fraction of sp³-hybridized carbons (Fsp3) is 0. The second-order valence-electron chi connectivity index (χ2n) is 15.0. The van der Waals surface area contributed by atoms with E-state index in [1.54, 1.807) is 0 Å². The Kier molecular flexibility index (Phi) is 9.68. The molecule has 59 heavy (non-hydrogen) atoms. The molecule has 1 nitrogen and oxygen atoms in total. The molecule has 0 aliphatic rings. The Labute approximate surface area is 346 Å². The highest BCUT2D eigenvalue weighted by atomic mass is 15.1. The number of anilines is 3. The molecule has 10 aromatic carbocycles. The summed E-state index contributed by atoms with van der Waals surface area (Å²) in [4.78, 5) is 2.33. The van der Waals surface area contributed by atoms with Crippen molar-refractivity contribution in [3.05, 3.63) is 249 Å². The van der Waals surface area contributed by atoms with Gasteiger partial charge in [-0.15, -0.1) is 0 Å². The summed E-state index contributed by atoms with van der Waals surface area (Å²) in [6.45, 7) is 0. The minimum atomic E-state index is 1.10. The van der Waals surface area contributed by atoms with E-state index in [2.05, 4.69) is 254 Å². The van der Waals surface area contributed by atoms with Crippen LogP contribution in [0.4, 0.5) is 17.1 Å². The molecule has 0 aromatic heterocycles. The van der Waals surface area contributed by atoms with Gasteiger partial charge in [-0.25, -0.2) is 0 Å². The molecular weight excluding hydrogens is 711 g/mol. The summed E-state index contributed by atoms with van der Waals surface area (Å²) in [5.74, 6) is 0. The van der Waals surface area contributed by atoms with Crippen LogP contribution in [-0.4, -0.2) is 0 Å². The minimum absolute atomic E-state index is 1.10. The van der Waals surface area contributed by atoms with Crippen molar-refractivity contribution in [1.82, 2.24) is 0 Å². The third kappa shape index (κ3) is 7.58. The summed E-state index contributed by atoms with van der Waals surface area (Å²) >= 11 is 0. The molecule has 0 aliphatic heterocycles. The summed E-state index contributed by atoms with van der Waals surface area (Å²) in [6, 6.07) is 89.7. The maximum Gasteiger partial charge on any atom is 0.0462 e.